The highest BCUT2D eigenvalue weighted by Gasteiger charge is 2.19. The summed E-state index contributed by atoms with van der Waals surface area (Å²) in [6, 6.07) is 5.63. The minimum atomic E-state index is -1.17. The minimum Gasteiger partial charge on any atom is -0.479 e. The SMILES string of the molecule is CC(Oc1ccccc1[N+](=O)[O-])C(=O)O. The quantitative estimate of drug-likeness (QED) is 0.601. The molecule has 0 aromatic heterocycles. The van der Waals surface area contributed by atoms with Crippen LogP contribution < -0.4 is 4.74 Å². The van der Waals surface area contributed by atoms with E-state index in [2.05, 4.69) is 0 Å². The number of benzene rings is 1. The highest BCUT2D eigenvalue weighted by Crippen LogP contribution is 2.26. The van der Waals surface area contributed by atoms with Crippen LogP contribution in [0.25, 0.3) is 0 Å². The molecule has 1 unspecified atom stereocenters. The largest absolute Gasteiger partial charge is 0.479 e. The molecule has 80 valence electrons. The molecule has 0 saturated carbocycles. The van der Waals surface area contributed by atoms with Gasteiger partial charge >= 0.3 is 11.7 Å². The van der Waals surface area contributed by atoms with Crippen LogP contribution >= 0.6 is 0 Å². The van der Waals surface area contributed by atoms with E-state index in [0.29, 0.717) is 0 Å². The zero-order chi connectivity index (χ0) is 11.4. The number of para-hydroxylation sites is 2. The molecule has 1 N–H and O–H groups in total. The van der Waals surface area contributed by atoms with Crippen LogP contribution in [0.2, 0.25) is 0 Å². The van der Waals surface area contributed by atoms with Gasteiger partial charge in [0.05, 0.1) is 4.92 Å². The lowest BCUT2D eigenvalue weighted by atomic mass is 10.3. The van der Waals surface area contributed by atoms with E-state index in [1.54, 1.807) is 0 Å². The summed E-state index contributed by atoms with van der Waals surface area (Å²) in [7, 11) is 0. The average Bonchev–Trinajstić information content (AvgIpc) is 2.18. The van der Waals surface area contributed by atoms with Gasteiger partial charge in [-0.1, -0.05) is 12.1 Å². The summed E-state index contributed by atoms with van der Waals surface area (Å²) >= 11 is 0. The molecule has 0 fully saturated rings. The lowest BCUT2D eigenvalue weighted by molar-refractivity contribution is -0.386. The molecule has 0 aliphatic carbocycles. The Morgan fingerprint density at radius 2 is 2.13 bits per heavy atom. The summed E-state index contributed by atoms with van der Waals surface area (Å²) in [6.07, 6.45) is -1.12. The van der Waals surface area contributed by atoms with Crippen molar-refractivity contribution in [2.24, 2.45) is 0 Å². The Morgan fingerprint density at radius 1 is 1.53 bits per heavy atom. The lowest BCUT2D eigenvalue weighted by Gasteiger charge is -2.09. The Balaban J connectivity index is 2.94. The molecule has 0 amide bonds. The smallest absolute Gasteiger partial charge is 0.344 e. The number of carboxylic acid groups (broad SMARTS) is 1. The first-order chi connectivity index (χ1) is 7.02. The van der Waals surface area contributed by atoms with Crippen LogP contribution in [0.15, 0.2) is 24.3 Å². The van der Waals surface area contributed by atoms with E-state index < -0.39 is 17.0 Å². The number of carbonyl (C=O) groups is 1. The molecule has 0 spiro atoms. The van der Waals surface area contributed by atoms with Crippen molar-refractivity contribution in [3.63, 3.8) is 0 Å². The fourth-order valence-electron chi connectivity index (χ4n) is 0.949. The number of nitro benzene ring substituents is 1. The van der Waals surface area contributed by atoms with E-state index in [4.69, 9.17) is 9.84 Å². The highest BCUT2D eigenvalue weighted by atomic mass is 16.6. The van der Waals surface area contributed by atoms with Gasteiger partial charge < -0.3 is 9.84 Å². The van der Waals surface area contributed by atoms with Gasteiger partial charge in [-0.3, -0.25) is 10.1 Å². The first kappa shape index (κ1) is 11.0. The lowest BCUT2D eigenvalue weighted by Crippen LogP contribution is -2.23. The number of carboxylic acids is 1. The van der Waals surface area contributed by atoms with Crippen molar-refractivity contribution in [3.8, 4) is 5.75 Å². The first-order valence-electron chi connectivity index (χ1n) is 4.15. The summed E-state index contributed by atoms with van der Waals surface area (Å²) in [4.78, 5) is 20.4. The second-order valence-electron chi connectivity index (χ2n) is 2.82. The maximum Gasteiger partial charge on any atom is 0.344 e. The predicted molar refractivity (Wildman–Crippen MR) is 50.8 cm³/mol. The van der Waals surface area contributed by atoms with Crippen LogP contribution in [0.4, 0.5) is 5.69 Å². The third-order valence-corrected chi connectivity index (χ3v) is 1.71. The van der Waals surface area contributed by atoms with E-state index in [1.165, 1.54) is 31.2 Å². The van der Waals surface area contributed by atoms with Gasteiger partial charge in [-0.25, -0.2) is 4.79 Å². The number of hydrogen-bond acceptors (Lipinski definition) is 4. The minimum absolute atomic E-state index is 0.0441. The molecule has 1 atom stereocenters. The van der Waals surface area contributed by atoms with Crippen molar-refractivity contribution in [2.75, 3.05) is 0 Å². The van der Waals surface area contributed by atoms with E-state index in [0.717, 1.165) is 0 Å². The third-order valence-electron chi connectivity index (χ3n) is 1.71. The second kappa shape index (κ2) is 4.41. The van der Waals surface area contributed by atoms with E-state index in [9.17, 15) is 14.9 Å². The standard InChI is InChI=1S/C9H9NO5/c1-6(9(11)12)15-8-5-3-2-4-7(8)10(13)14/h2-6H,1H3,(H,11,12). The maximum absolute atomic E-state index is 10.6. The fourth-order valence-corrected chi connectivity index (χ4v) is 0.949. The topological polar surface area (TPSA) is 89.7 Å². The molecule has 0 radical (unpaired) electrons. The molecule has 0 aliphatic heterocycles. The normalized spacial score (nSPS) is 11.8. The summed E-state index contributed by atoms with van der Waals surface area (Å²) in [6.45, 7) is 1.30. The van der Waals surface area contributed by atoms with Crippen molar-refractivity contribution >= 4 is 11.7 Å². The molecule has 1 rings (SSSR count). The monoisotopic (exact) mass is 211 g/mol. The molecule has 0 aliphatic rings. The van der Waals surface area contributed by atoms with Crippen molar-refractivity contribution in [2.45, 2.75) is 13.0 Å². The van der Waals surface area contributed by atoms with Crippen molar-refractivity contribution in [3.05, 3.63) is 34.4 Å². The molecule has 0 bridgehead atoms. The zero-order valence-corrected chi connectivity index (χ0v) is 7.91. The molecule has 1 aromatic carbocycles. The fraction of sp³-hybridized carbons (Fsp3) is 0.222. The van der Waals surface area contributed by atoms with Crippen LogP contribution in [0.1, 0.15) is 6.92 Å². The van der Waals surface area contributed by atoms with Gasteiger partial charge in [0.1, 0.15) is 0 Å². The van der Waals surface area contributed by atoms with Gasteiger partial charge in [0.25, 0.3) is 0 Å². The molecule has 1 aromatic rings. The predicted octanol–water partition coefficient (Wildman–Crippen LogP) is 1.45. The average molecular weight is 211 g/mol. The maximum atomic E-state index is 10.6. The third kappa shape index (κ3) is 2.67. The summed E-state index contributed by atoms with van der Waals surface area (Å²) < 4.78 is 4.93. The number of nitro groups is 1. The number of rotatable bonds is 4. The molecule has 6 nitrogen and oxygen atoms in total. The highest BCUT2D eigenvalue weighted by molar-refractivity contribution is 5.72. The Kier molecular flexibility index (Phi) is 3.22. The van der Waals surface area contributed by atoms with Crippen LogP contribution in [0.3, 0.4) is 0 Å². The van der Waals surface area contributed by atoms with Crippen LogP contribution in [-0.4, -0.2) is 22.1 Å². The molecule has 0 heterocycles. The molecule has 0 saturated heterocycles. The molecular formula is C9H9NO5. The van der Waals surface area contributed by atoms with Crippen molar-refractivity contribution < 1.29 is 19.6 Å². The van der Waals surface area contributed by atoms with Crippen molar-refractivity contribution in [1.82, 2.24) is 0 Å². The zero-order valence-electron chi connectivity index (χ0n) is 7.91. The summed E-state index contributed by atoms with van der Waals surface area (Å²) in [5, 5.41) is 19.1. The Bertz CT molecular complexity index is 390. The van der Waals surface area contributed by atoms with Gasteiger partial charge in [-0.05, 0) is 13.0 Å². The second-order valence-corrected chi connectivity index (χ2v) is 2.82. The van der Waals surface area contributed by atoms with Crippen molar-refractivity contribution in [1.29, 1.82) is 0 Å². The first-order valence-corrected chi connectivity index (χ1v) is 4.15. The van der Waals surface area contributed by atoms with Gasteiger partial charge in [0.2, 0.25) is 0 Å². The van der Waals surface area contributed by atoms with Gasteiger partial charge in [-0.15, -0.1) is 0 Å². The van der Waals surface area contributed by atoms with E-state index in [1.807, 2.05) is 0 Å². The number of ether oxygens (including phenoxy) is 1. The Labute approximate surface area is 85.2 Å². The molecule has 6 heteroatoms. The molecular weight excluding hydrogens is 202 g/mol. The number of nitrogens with zero attached hydrogens (tertiary/aromatic N) is 1. The van der Waals surface area contributed by atoms with Gasteiger partial charge in [0.15, 0.2) is 11.9 Å². The Morgan fingerprint density at radius 3 is 2.67 bits per heavy atom. The van der Waals surface area contributed by atoms with Gasteiger partial charge in [0, 0.05) is 6.07 Å². The number of aliphatic carboxylic acids is 1. The van der Waals surface area contributed by atoms with Crippen LogP contribution in [-0.2, 0) is 4.79 Å². The van der Waals surface area contributed by atoms with Crippen LogP contribution in [0, 0.1) is 10.1 Å². The summed E-state index contributed by atoms with van der Waals surface area (Å²) in [5.41, 5.74) is -0.245. The van der Waals surface area contributed by atoms with Gasteiger partial charge in [-0.2, -0.15) is 0 Å². The number of hydrogen-bond donors (Lipinski definition) is 1. The summed E-state index contributed by atoms with van der Waals surface area (Å²) in [5.74, 6) is -1.22. The van der Waals surface area contributed by atoms with E-state index in [-0.39, 0.29) is 11.4 Å². The molecule has 15 heavy (non-hydrogen) atoms. The van der Waals surface area contributed by atoms with E-state index >= 15 is 0 Å². The Hall–Kier alpha value is -2.11. The van der Waals surface area contributed by atoms with Crippen LogP contribution in [0.5, 0.6) is 5.75 Å².